The topological polar surface area (TPSA) is 80.4 Å². The monoisotopic (exact) mass is 258 g/mol. The molecule has 0 bridgehead atoms. The van der Waals surface area contributed by atoms with E-state index in [4.69, 9.17) is 5.11 Å². The predicted molar refractivity (Wildman–Crippen MR) is 63.1 cm³/mol. The van der Waals surface area contributed by atoms with E-state index in [1.165, 1.54) is 28.9 Å². The van der Waals surface area contributed by atoms with E-state index >= 15 is 0 Å². The lowest BCUT2D eigenvalue weighted by Gasteiger charge is -2.02. The summed E-state index contributed by atoms with van der Waals surface area (Å²) in [5.74, 6) is -1.58. The van der Waals surface area contributed by atoms with Crippen molar-refractivity contribution in [3.63, 3.8) is 0 Å². The van der Waals surface area contributed by atoms with Crippen LogP contribution in [0.1, 0.15) is 10.5 Å². The van der Waals surface area contributed by atoms with Crippen LogP contribution in [0.2, 0.25) is 0 Å². The van der Waals surface area contributed by atoms with Crippen molar-refractivity contribution in [2.45, 2.75) is 0 Å². The molecule has 94 valence electrons. The summed E-state index contributed by atoms with van der Waals surface area (Å²) < 4.78 is 14.2. The lowest BCUT2D eigenvalue weighted by Crippen LogP contribution is -2.00. The van der Waals surface area contributed by atoms with Gasteiger partial charge in [-0.1, -0.05) is 0 Å². The summed E-state index contributed by atoms with van der Waals surface area (Å²) in [6, 6.07) is 5.75. The van der Waals surface area contributed by atoms with Crippen LogP contribution in [0.15, 0.2) is 36.7 Å². The summed E-state index contributed by atoms with van der Waals surface area (Å²) in [6.45, 7) is 0. The van der Waals surface area contributed by atoms with Gasteiger partial charge in [-0.15, -0.1) is 0 Å². The quantitative estimate of drug-likeness (QED) is 0.755. The first-order valence-corrected chi connectivity index (χ1v) is 5.35. The van der Waals surface area contributed by atoms with Gasteiger partial charge in [-0.25, -0.2) is 18.7 Å². The number of aromatic nitrogens is 4. The molecule has 0 saturated carbocycles. The number of rotatable bonds is 2. The highest BCUT2D eigenvalue weighted by Gasteiger charge is 2.13. The van der Waals surface area contributed by atoms with Gasteiger partial charge in [0, 0.05) is 12.3 Å². The standard InChI is InChI=1S/C12H7FN4O2/c13-7-1-2-8(15-6-7)10-3-4-14-11-5-9(12(18)19)16-17(10)11/h1-6H,(H,18,19). The van der Waals surface area contributed by atoms with Crippen LogP contribution >= 0.6 is 0 Å². The molecular formula is C12H7FN4O2. The fraction of sp³-hybridized carbons (Fsp3) is 0. The number of hydrogen-bond donors (Lipinski definition) is 1. The Hall–Kier alpha value is -2.83. The molecule has 19 heavy (non-hydrogen) atoms. The zero-order chi connectivity index (χ0) is 13.4. The van der Waals surface area contributed by atoms with Crippen molar-refractivity contribution in [3.05, 3.63) is 48.2 Å². The molecule has 0 aliphatic heterocycles. The Kier molecular flexibility index (Phi) is 2.45. The fourth-order valence-corrected chi connectivity index (χ4v) is 1.72. The summed E-state index contributed by atoms with van der Waals surface area (Å²) in [6.07, 6.45) is 2.60. The van der Waals surface area contributed by atoms with Gasteiger partial charge in [0.15, 0.2) is 11.3 Å². The predicted octanol–water partition coefficient (Wildman–Crippen LogP) is 1.63. The molecule has 1 N–H and O–H groups in total. The molecule has 0 saturated heterocycles. The van der Waals surface area contributed by atoms with Crippen molar-refractivity contribution in [2.75, 3.05) is 0 Å². The first-order valence-electron chi connectivity index (χ1n) is 5.35. The van der Waals surface area contributed by atoms with Crippen molar-refractivity contribution in [3.8, 4) is 11.4 Å². The van der Waals surface area contributed by atoms with Crippen molar-refractivity contribution >= 4 is 11.6 Å². The lowest BCUT2D eigenvalue weighted by atomic mass is 10.2. The molecule has 0 atom stereocenters. The van der Waals surface area contributed by atoms with Crippen LogP contribution < -0.4 is 0 Å². The van der Waals surface area contributed by atoms with E-state index in [-0.39, 0.29) is 5.69 Å². The lowest BCUT2D eigenvalue weighted by molar-refractivity contribution is 0.0690. The summed E-state index contributed by atoms with van der Waals surface area (Å²) in [7, 11) is 0. The van der Waals surface area contributed by atoms with Crippen LogP contribution in [-0.4, -0.2) is 30.7 Å². The summed E-state index contributed by atoms with van der Waals surface area (Å²) in [4.78, 5) is 18.9. The van der Waals surface area contributed by atoms with Crippen LogP contribution in [0, 0.1) is 5.82 Å². The maximum atomic E-state index is 12.9. The second-order valence-corrected chi connectivity index (χ2v) is 3.80. The molecule has 3 aromatic heterocycles. The largest absolute Gasteiger partial charge is 0.476 e. The maximum Gasteiger partial charge on any atom is 0.356 e. The van der Waals surface area contributed by atoms with Crippen molar-refractivity contribution in [1.82, 2.24) is 19.6 Å². The first kappa shape index (κ1) is 11.3. The van der Waals surface area contributed by atoms with Crippen LogP contribution in [0.5, 0.6) is 0 Å². The Morgan fingerprint density at radius 2 is 2.11 bits per heavy atom. The molecule has 6 nitrogen and oxygen atoms in total. The van der Waals surface area contributed by atoms with E-state index < -0.39 is 11.8 Å². The second-order valence-electron chi connectivity index (χ2n) is 3.80. The smallest absolute Gasteiger partial charge is 0.356 e. The zero-order valence-electron chi connectivity index (χ0n) is 9.49. The molecule has 3 rings (SSSR count). The number of fused-ring (bicyclic) bond motifs is 1. The Balaban J connectivity index is 2.23. The number of carbonyl (C=O) groups is 1. The average Bonchev–Trinajstić information content (AvgIpc) is 2.83. The molecule has 7 heteroatoms. The van der Waals surface area contributed by atoms with E-state index in [0.29, 0.717) is 17.0 Å². The van der Waals surface area contributed by atoms with E-state index in [1.54, 1.807) is 6.07 Å². The van der Waals surface area contributed by atoms with Crippen molar-refractivity contribution < 1.29 is 14.3 Å². The van der Waals surface area contributed by atoms with Gasteiger partial charge in [-0.3, -0.25) is 4.98 Å². The molecule has 0 unspecified atom stereocenters. The van der Waals surface area contributed by atoms with Crippen LogP contribution in [0.25, 0.3) is 17.0 Å². The van der Waals surface area contributed by atoms with Crippen LogP contribution in [0.3, 0.4) is 0 Å². The minimum atomic E-state index is -1.14. The highest BCUT2D eigenvalue weighted by molar-refractivity contribution is 5.86. The first-order chi connectivity index (χ1) is 9.15. The average molecular weight is 258 g/mol. The number of halogens is 1. The number of hydrogen-bond acceptors (Lipinski definition) is 4. The third-order valence-corrected chi connectivity index (χ3v) is 2.57. The fourth-order valence-electron chi connectivity index (χ4n) is 1.72. The summed E-state index contributed by atoms with van der Waals surface area (Å²) >= 11 is 0. The molecule has 0 amide bonds. The van der Waals surface area contributed by atoms with Gasteiger partial charge in [0.2, 0.25) is 0 Å². The molecule has 0 aromatic carbocycles. The Bertz CT molecular complexity index is 767. The summed E-state index contributed by atoms with van der Waals surface area (Å²) in [5.41, 5.74) is 1.30. The third kappa shape index (κ3) is 1.90. The molecular weight excluding hydrogens is 251 g/mol. The van der Waals surface area contributed by atoms with Crippen molar-refractivity contribution in [1.29, 1.82) is 0 Å². The second kappa shape index (κ2) is 4.13. The number of aromatic carboxylic acids is 1. The SMILES string of the molecule is O=C(O)c1cc2nccc(-c3ccc(F)cn3)n2n1. The number of carboxylic acid groups (broad SMARTS) is 1. The van der Waals surface area contributed by atoms with Gasteiger partial charge in [0.05, 0.1) is 17.6 Å². The van der Waals surface area contributed by atoms with Gasteiger partial charge in [-0.05, 0) is 18.2 Å². The minimum absolute atomic E-state index is 0.109. The molecule has 0 spiro atoms. The minimum Gasteiger partial charge on any atom is -0.476 e. The maximum absolute atomic E-state index is 12.9. The Morgan fingerprint density at radius 1 is 1.26 bits per heavy atom. The van der Waals surface area contributed by atoms with Gasteiger partial charge in [0.1, 0.15) is 5.82 Å². The van der Waals surface area contributed by atoms with Gasteiger partial charge >= 0.3 is 5.97 Å². The number of pyridine rings is 1. The van der Waals surface area contributed by atoms with Gasteiger partial charge < -0.3 is 5.11 Å². The normalized spacial score (nSPS) is 10.8. The van der Waals surface area contributed by atoms with E-state index in [0.717, 1.165) is 6.20 Å². The molecule has 3 heterocycles. The number of carboxylic acids is 1. The highest BCUT2D eigenvalue weighted by Crippen LogP contribution is 2.18. The van der Waals surface area contributed by atoms with Crippen molar-refractivity contribution in [2.24, 2.45) is 0 Å². The Morgan fingerprint density at radius 3 is 2.79 bits per heavy atom. The van der Waals surface area contributed by atoms with Crippen LogP contribution in [-0.2, 0) is 0 Å². The molecule has 3 aromatic rings. The Labute approximate surface area is 106 Å². The highest BCUT2D eigenvalue weighted by atomic mass is 19.1. The molecule has 0 fully saturated rings. The van der Waals surface area contributed by atoms with Crippen LogP contribution in [0.4, 0.5) is 4.39 Å². The molecule has 0 aliphatic carbocycles. The van der Waals surface area contributed by atoms with E-state index in [1.807, 2.05) is 0 Å². The van der Waals surface area contributed by atoms with Gasteiger partial charge in [-0.2, -0.15) is 5.10 Å². The summed E-state index contributed by atoms with van der Waals surface area (Å²) in [5, 5.41) is 12.8. The third-order valence-electron chi connectivity index (χ3n) is 2.57. The zero-order valence-corrected chi connectivity index (χ0v) is 9.49. The van der Waals surface area contributed by atoms with E-state index in [9.17, 15) is 9.18 Å². The molecule has 0 aliphatic rings. The van der Waals surface area contributed by atoms with Gasteiger partial charge in [0.25, 0.3) is 0 Å². The number of nitrogens with zero attached hydrogens (tertiary/aromatic N) is 4. The van der Waals surface area contributed by atoms with E-state index in [2.05, 4.69) is 15.1 Å². The molecule has 0 radical (unpaired) electrons.